The Kier molecular flexibility index (Phi) is 4.64. The van der Waals surface area contributed by atoms with E-state index >= 15 is 0 Å². The van der Waals surface area contributed by atoms with E-state index in [0.29, 0.717) is 5.56 Å². The summed E-state index contributed by atoms with van der Waals surface area (Å²) in [6, 6.07) is 1.73. The molecule has 0 aliphatic carbocycles. The molecule has 0 spiro atoms. The molecule has 0 fully saturated rings. The van der Waals surface area contributed by atoms with E-state index in [1.54, 1.807) is 6.07 Å². The Labute approximate surface area is 117 Å². The van der Waals surface area contributed by atoms with Crippen LogP contribution in [-0.2, 0) is 0 Å². The lowest BCUT2D eigenvalue weighted by Gasteiger charge is -2.06. The maximum absolute atomic E-state index is 11.1. The molecular formula is C7HBr5O. The van der Waals surface area contributed by atoms with Crippen LogP contribution in [0.4, 0.5) is 0 Å². The maximum Gasteiger partial charge on any atom is 0.229 e. The van der Waals surface area contributed by atoms with Crippen molar-refractivity contribution in [3.63, 3.8) is 0 Å². The lowest BCUT2D eigenvalue weighted by Crippen LogP contribution is -1.92. The first-order chi connectivity index (χ1) is 5.95. The Hall–Kier alpha value is 1.29. The van der Waals surface area contributed by atoms with Crippen molar-refractivity contribution in [3.8, 4) is 0 Å². The molecule has 0 saturated heterocycles. The van der Waals surface area contributed by atoms with E-state index in [-0.39, 0.29) is 4.69 Å². The highest BCUT2D eigenvalue weighted by molar-refractivity contribution is 9.18. The monoisotopic (exact) mass is 496 g/mol. The van der Waals surface area contributed by atoms with Gasteiger partial charge in [0.2, 0.25) is 4.69 Å². The molecule has 1 nitrogen and oxygen atoms in total. The highest BCUT2D eigenvalue weighted by Crippen LogP contribution is 2.39. The van der Waals surface area contributed by atoms with Crippen LogP contribution < -0.4 is 0 Å². The number of carbonyl (C=O) groups excluding carboxylic acids is 1. The van der Waals surface area contributed by atoms with Gasteiger partial charge >= 0.3 is 0 Å². The van der Waals surface area contributed by atoms with Crippen LogP contribution in [0.2, 0.25) is 0 Å². The van der Waals surface area contributed by atoms with Crippen molar-refractivity contribution < 1.29 is 4.79 Å². The van der Waals surface area contributed by atoms with E-state index in [0.717, 1.165) is 17.9 Å². The van der Waals surface area contributed by atoms with Crippen molar-refractivity contribution in [1.29, 1.82) is 0 Å². The van der Waals surface area contributed by atoms with Crippen LogP contribution >= 0.6 is 79.6 Å². The van der Waals surface area contributed by atoms with Crippen LogP contribution in [0.5, 0.6) is 0 Å². The molecule has 0 amide bonds. The highest BCUT2D eigenvalue weighted by Gasteiger charge is 2.14. The minimum Gasteiger partial charge on any atom is -0.281 e. The molecule has 13 heavy (non-hydrogen) atoms. The fraction of sp³-hybridized carbons (Fsp3) is 0. The molecule has 0 saturated carbocycles. The molecule has 0 N–H and O–H groups in total. The lowest BCUT2D eigenvalue weighted by atomic mass is 10.2. The van der Waals surface area contributed by atoms with E-state index in [4.69, 9.17) is 0 Å². The third-order valence-corrected chi connectivity index (χ3v) is 6.40. The van der Waals surface area contributed by atoms with Crippen molar-refractivity contribution in [2.24, 2.45) is 0 Å². The van der Waals surface area contributed by atoms with Crippen LogP contribution in [0.3, 0.4) is 0 Å². The lowest BCUT2D eigenvalue weighted by molar-refractivity contribution is 0.109. The minimum atomic E-state index is -0.159. The molecule has 6 heteroatoms. The maximum atomic E-state index is 11.1. The standard InChI is InChI=1S/C7HBr5O/c8-3-1-2(7(12)13)4(9)6(11)5(3)10/h1H. The quantitative estimate of drug-likeness (QED) is 0.292. The Morgan fingerprint density at radius 1 is 1.00 bits per heavy atom. The van der Waals surface area contributed by atoms with Crippen molar-refractivity contribution in [2.45, 2.75) is 0 Å². The normalized spacial score (nSPS) is 10.2. The van der Waals surface area contributed by atoms with Crippen molar-refractivity contribution >= 4 is 84.3 Å². The SMILES string of the molecule is O=C(Br)c1cc(Br)c(Br)c(Br)c1Br. The van der Waals surface area contributed by atoms with E-state index in [1.807, 2.05) is 0 Å². The smallest absolute Gasteiger partial charge is 0.229 e. The van der Waals surface area contributed by atoms with E-state index in [9.17, 15) is 4.79 Å². The van der Waals surface area contributed by atoms with Gasteiger partial charge in [-0.2, -0.15) is 0 Å². The topological polar surface area (TPSA) is 17.1 Å². The van der Waals surface area contributed by atoms with Gasteiger partial charge in [-0.05, 0) is 85.7 Å². The van der Waals surface area contributed by atoms with Gasteiger partial charge < -0.3 is 0 Å². The molecule has 70 valence electrons. The Morgan fingerprint density at radius 3 is 2.00 bits per heavy atom. The van der Waals surface area contributed by atoms with E-state index in [1.165, 1.54) is 0 Å². The summed E-state index contributed by atoms with van der Waals surface area (Å²) in [6.45, 7) is 0. The third-order valence-electron chi connectivity index (χ3n) is 1.31. The van der Waals surface area contributed by atoms with Crippen LogP contribution in [0.15, 0.2) is 24.0 Å². The van der Waals surface area contributed by atoms with Gasteiger partial charge in [0.1, 0.15) is 0 Å². The molecule has 0 radical (unpaired) electrons. The molecule has 1 aromatic carbocycles. The highest BCUT2D eigenvalue weighted by atomic mass is 79.9. The van der Waals surface area contributed by atoms with Crippen molar-refractivity contribution in [3.05, 3.63) is 29.5 Å². The third kappa shape index (κ3) is 2.65. The van der Waals surface area contributed by atoms with Crippen LogP contribution in [0.25, 0.3) is 0 Å². The molecule has 0 heterocycles. The largest absolute Gasteiger partial charge is 0.281 e. The van der Waals surface area contributed by atoms with Crippen molar-refractivity contribution in [2.75, 3.05) is 0 Å². The molecule has 1 rings (SSSR count). The summed E-state index contributed by atoms with van der Waals surface area (Å²) < 4.78 is 3.07. The summed E-state index contributed by atoms with van der Waals surface area (Å²) in [5.41, 5.74) is 0.571. The first-order valence-corrected chi connectivity index (χ1v) is 6.94. The second-order valence-corrected chi connectivity index (χ2v) is 6.08. The van der Waals surface area contributed by atoms with Gasteiger partial charge in [0.25, 0.3) is 0 Å². The molecular weight excluding hydrogens is 500 g/mol. The molecule has 0 atom stereocenters. The molecule has 0 bridgehead atoms. The molecule has 0 unspecified atom stereocenters. The number of carbonyl (C=O) groups is 1. The van der Waals surface area contributed by atoms with Gasteiger partial charge in [-0.1, -0.05) is 0 Å². The zero-order valence-corrected chi connectivity index (χ0v) is 13.8. The minimum absolute atomic E-state index is 0.159. The first kappa shape index (κ1) is 12.4. The van der Waals surface area contributed by atoms with Crippen molar-refractivity contribution in [1.82, 2.24) is 0 Å². The predicted molar refractivity (Wildman–Crippen MR) is 70.5 cm³/mol. The van der Waals surface area contributed by atoms with E-state index < -0.39 is 0 Å². The molecule has 0 aliphatic heterocycles. The van der Waals surface area contributed by atoms with Crippen LogP contribution in [-0.4, -0.2) is 4.69 Å². The Bertz CT molecular complexity index is 374. The average molecular weight is 501 g/mol. The molecule has 0 aromatic heterocycles. The number of hydrogen-bond donors (Lipinski definition) is 0. The summed E-state index contributed by atoms with van der Waals surface area (Å²) in [7, 11) is 0. The van der Waals surface area contributed by atoms with Gasteiger partial charge in [-0.25, -0.2) is 0 Å². The predicted octanol–water partition coefficient (Wildman–Crippen LogP) is 5.27. The second-order valence-electron chi connectivity index (χ2n) is 2.12. The Balaban J connectivity index is 3.50. The van der Waals surface area contributed by atoms with Gasteiger partial charge in [-0.15, -0.1) is 0 Å². The van der Waals surface area contributed by atoms with Gasteiger partial charge in [0.15, 0.2) is 0 Å². The fourth-order valence-electron chi connectivity index (χ4n) is 0.716. The zero-order chi connectivity index (χ0) is 10.2. The average Bonchev–Trinajstić information content (AvgIpc) is 2.07. The number of rotatable bonds is 1. The number of hydrogen-bond acceptors (Lipinski definition) is 1. The zero-order valence-electron chi connectivity index (χ0n) is 5.88. The summed E-state index contributed by atoms with van der Waals surface area (Å²) in [5.74, 6) is 0. The summed E-state index contributed by atoms with van der Waals surface area (Å²) in [5, 5.41) is 0. The van der Waals surface area contributed by atoms with Crippen LogP contribution in [0.1, 0.15) is 10.4 Å². The van der Waals surface area contributed by atoms with E-state index in [2.05, 4.69) is 79.6 Å². The second kappa shape index (κ2) is 4.88. The fourth-order valence-corrected chi connectivity index (χ4v) is 3.49. The summed E-state index contributed by atoms with van der Waals surface area (Å²) in [6.07, 6.45) is 0. The van der Waals surface area contributed by atoms with Gasteiger partial charge in [0, 0.05) is 23.5 Å². The molecule has 1 aromatic rings. The van der Waals surface area contributed by atoms with Crippen LogP contribution in [0, 0.1) is 0 Å². The number of benzene rings is 1. The van der Waals surface area contributed by atoms with Gasteiger partial charge in [-0.3, -0.25) is 4.79 Å². The Morgan fingerprint density at radius 2 is 1.54 bits per heavy atom. The first-order valence-electron chi connectivity index (χ1n) is 2.98. The molecule has 0 aliphatic rings. The van der Waals surface area contributed by atoms with Gasteiger partial charge in [0.05, 0.1) is 0 Å². The number of halogens is 5. The summed E-state index contributed by atoms with van der Waals surface area (Å²) >= 11 is 16.3. The summed E-state index contributed by atoms with van der Waals surface area (Å²) in [4.78, 5) is 11.1.